The van der Waals surface area contributed by atoms with Crippen LogP contribution in [0.3, 0.4) is 0 Å². The van der Waals surface area contributed by atoms with E-state index in [2.05, 4.69) is 18.7 Å². The van der Waals surface area contributed by atoms with E-state index < -0.39 is 17.7 Å². The third kappa shape index (κ3) is 5.25. The molecule has 0 bridgehead atoms. The molecule has 0 aliphatic carbocycles. The molecular weight excluding hydrogens is 430 g/mol. The van der Waals surface area contributed by atoms with Crippen LogP contribution in [-0.4, -0.2) is 73.5 Å². The number of likely N-dealkylation sites (N-methyl/N-ethyl adjacent to an activating group) is 1. The first-order valence-electron chi connectivity index (χ1n) is 11.8. The van der Waals surface area contributed by atoms with Gasteiger partial charge in [-0.1, -0.05) is 38.1 Å². The second-order valence-corrected chi connectivity index (χ2v) is 8.47. The lowest BCUT2D eigenvalue weighted by Crippen LogP contribution is -2.38. The molecule has 0 saturated carbocycles. The molecular formula is C27H35N3O4. The fourth-order valence-corrected chi connectivity index (χ4v) is 4.26. The number of anilines is 1. The molecule has 1 fully saturated rings. The van der Waals surface area contributed by atoms with Crippen LogP contribution in [0.25, 0.3) is 5.76 Å². The summed E-state index contributed by atoms with van der Waals surface area (Å²) in [4.78, 5) is 32.1. The van der Waals surface area contributed by atoms with E-state index >= 15 is 0 Å². The SMILES string of the molecule is CCOc1cccc(C(O)=C2C(=O)C(=O)N(CCN(CC)CC)C2c2ccc(N(C)C)cc2)c1. The molecule has 1 heterocycles. The number of benzene rings is 2. The summed E-state index contributed by atoms with van der Waals surface area (Å²) in [6, 6.07) is 14.0. The van der Waals surface area contributed by atoms with Crippen LogP contribution in [0.5, 0.6) is 5.75 Å². The fraction of sp³-hybridized carbons (Fsp3) is 0.407. The predicted octanol–water partition coefficient (Wildman–Crippen LogP) is 3.91. The maximum absolute atomic E-state index is 13.2. The second-order valence-electron chi connectivity index (χ2n) is 8.47. The Kier molecular flexibility index (Phi) is 8.34. The maximum Gasteiger partial charge on any atom is 0.295 e. The van der Waals surface area contributed by atoms with Crippen molar-refractivity contribution in [1.29, 1.82) is 0 Å². The van der Waals surface area contributed by atoms with Gasteiger partial charge in [-0.25, -0.2) is 0 Å². The van der Waals surface area contributed by atoms with Crippen molar-refractivity contribution in [2.45, 2.75) is 26.8 Å². The van der Waals surface area contributed by atoms with Crippen molar-refractivity contribution in [2.24, 2.45) is 0 Å². The van der Waals surface area contributed by atoms with Crippen molar-refractivity contribution < 1.29 is 19.4 Å². The number of rotatable bonds is 10. The van der Waals surface area contributed by atoms with Crippen LogP contribution in [0.15, 0.2) is 54.1 Å². The molecule has 34 heavy (non-hydrogen) atoms. The molecule has 1 aliphatic heterocycles. The molecule has 1 atom stereocenters. The first-order valence-corrected chi connectivity index (χ1v) is 11.8. The topological polar surface area (TPSA) is 73.3 Å². The number of aliphatic hydroxyl groups is 1. The highest BCUT2D eigenvalue weighted by molar-refractivity contribution is 6.46. The Morgan fingerprint density at radius 2 is 1.71 bits per heavy atom. The number of amides is 1. The van der Waals surface area contributed by atoms with Gasteiger partial charge >= 0.3 is 0 Å². The summed E-state index contributed by atoms with van der Waals surface area (Å²) in [6.07, 6.45) is 0. The van der Waals surface area contributed by atoms with Crippen LogP contribution in [0.1, 0.15) is 37.9 Å². The van der Waals surface area contributed by atoms with E-state index in [4.69, 9.17) is 4.74 Å². The molecule has 1 saturated heterocycles. The molecule has 182 valence electrons. The first kappa shape index (κ1) is 25.3. The number of likely N-dealkylation sites (tertiary alicyclic amines) is 1. The standard InChI is InChI=1S/C27H35N3O4/c1-6-29(7-2)16-17-30-24(19-12-14-21(15-13-19)28(4)5)23(26(32)27(30)33)25(31)20-10-9-11-22(18-20)34-8-3/h9-15,18,24,31H,6-8,16-17H2,1-5H3. The van der Waals surface area contributed by atoms with Crippen molar-refractivity contribution in [2.75, 3.05) is 51.8 Å². The minimum atomic E-state index is -0.666. The highest BCUT2D eigenvalue weighted by Gasteiger charge is 2.46. The van der Waals surface area contributed by atoms with Crippen LogP contribution >= 0.6 is 0 Å². The van der Waals surface area contributed by atoms with Gasteiger partial charge in [0.1, 0.15) is 11.5 Å². The van der Waals surface area contributed by atoms with Crippen molar-refractivity contribution in [3.05, 3.63) is 65.2 Å². The quantitative estimate of drug-likeness (QED) is 0.326. The zero-order chi connectivity index (χ0) is 24.8. The first-order chi connectivity index (χ1) is 16.3. The second kappa shape index (κ2) is 11.2. The van der Waals surface area contributed by atoms with Crippen LogP contribution in [0.2, 0.25) is 0 Å². The Morgan fingerprint density at radius 3 is 2.29 bits per heavy atom. The largest absolute Gasteiger partial charge is 0.507 e. The highest BCUT2D eigenvalue weighted by atomic mass is 16.5. The van der Waals surface area contributed by atoms with E-state index in [1.165, 1.54) is 0 Å². The summed E-state index contributed by atoms with van der Waals surface area (Å²) in [5.74, 6) is -0.849. The van der Waals surface area contributed by atoms with E-state index in [9.17, 15) is 14.7 Å². The number of Topliss-reactive ketones (excluding diaryl/α,β-unsaturated/α-hetero) is 1. The van der Waals surface area contributed by atoms with Crippen LogP contribution < -0.4 is 9.64 Å². The number of hydrogen-bond acceptors (Lipinski definition) is 6. The number of hydrogen-bond donors (Lipinski definition) is 1. The van der Waals surface area contributed by atoms with E-state index in [0.29, 0.717) is 31.0 Å². The molecule has 3 rings (SSSR count). The number of carbonyl (C=O) groups excluding carboxylic acids is 2. The minimum Gasteiger partial charge on any atom is -0.507 e. The lowest BCUT2D eigenvalue weighted by molar-refractivity contribution is -0.140. The number of nitrogens with zero attached hydrogens (tertiary/aromatic N) is 3. The van der Waals surface area contributed by atoms with Gasteiger partial charge in [-0.2, -0.15) is 0 Å². The molecule has 7 nitrogen and oxygen atoms in total. The van der Waals surface area contributed by atoms with E-state index in [1.54, 1.807) is 29.2 Å². The Labute approximate surface area is 202 Å². The van der Waals surface area contributed by atoms with Crippen molar-refractivity contribution >= 4 is 23.1 Å². The van der Waals surface area contributed by atoms with Gasteiger partial charge in [0.15, 0.2) is 0 Å². The number of ketones is 1. The van der Waals surface area contributed by atoms with E-state index in [1.807, 2.05) is 50.2 Å². The summed E-state index contributed by atoms with van der Waals surface area (Å²) < 4.78 is 5.56. The molecule has 1 aliphatic rings. The van der Waals surface area contributed by atoms with Gasteiger partial charge in [0.05, 0.1) is 18.2 Å². The van der Waals surface area contributed by atoms with Gasteiger partial charge in [0.2, 0.25) is 0 Å². The highest BCUT2D eigenvalue weighted by Crippen LogP contribution is 2.40. The van der Waals surface area contributed by atoms with Crippen LogP contribution in [-0.2, 0) is 9.59 Å². The lowest BCUT2D eigenvalue weighted by Gasteiger charge is -2.28. The Morgan fingerprint density at radius 1 is 1.03 bits per heavy atom. The van der Waals surface area contributed by atoms with Gasteiger partial charge in [0, 0.05) is 38.4 Å². The van der Waals surface area contributed by atoms with E-state index in [0.717, 1.165) is 24.3 Å². The lowest BCUT2D eigenvalue weighted by atomic mass is 9.95. The fourth-order valence-electron chi connectivity index (χ4n) is 4.26. The molecule has 7 heteroatoms. The van der Waals surface area contributed by atoms with Gasteiger partial charge < -0.3 is 24.5 Å². The van der Waals surface area contributed by atoms with Gasteiger partial charge in [0.25, 0.3) is 11.7 Å². The molecule has 2 aromatic carbocycles. The Bertz CT molecular complexity index is 1040. The average molecular weight is 466 g/mol. The minimum absolute atomic E-state index is 0.107. The van der Waals surface area contributed by atoms with Crippen molar-refractivity contribution in [3.8, 4) is 5.75 Å². The third-order valence-electron chi connectivity index (χ3n) is 6.24. The molecule has 2 aromatic rings. The third-order valence-corrected chi connectivity index (χ3v) is 6.24. The Hall–Kier alpha value is -3.32. The van der Waals surface area contributed by atoms with Gasteiger partial charge in [-0.15, -0.1) is 0 Å². The number of aliphatic hydroxyl groups excluding tert-OH is 1. The summed E-state index contributed by atoms with van der Waals surface area (Å²) in [6.45, 7) is 9.25. The maximum atomic E-state index is 13.2. The zero-order valence-corrected chi connectivity index (χ0v) is 20.7. The van der Waals surface area contributed by atoms with Crippen LogP contribution in [0, 0.1) is 0 Å². The summed E-state index contributed by atoms with van der Waals surface area (Å²) >= 11 is 0. The predicted molar refractivity (Wildman–Crippen MR) is 135 cm³/mol. The zero-order valence-electron chi connectivity index (χ0n) is 20.7. The summed E-state index contributed by atoms with van der Waals surface area (Å²) in [7, 11) is 3.91. The van der Waals surface area contributed by atoms with E-state index in [-0.39, 0.29) is 11.3 Å². The molecule has 0 aromatic heterocycles. The molecule has 1 unspecified atom stereocenters. The summed E-state index contributed by atoms with van der Waals surface area (Å²) in [5, 5.41) is 11.3. The number of ether oxygens (including phenoxy) is 1. The molecule has 1 N–H and O–H groups in total. The molecule has 0 spiro atoms. The normalized spacial score (nSPS) is 17.5. The van der Waals surface area contributed by atoms with Gasteiger partial charge in [-0.05, 0) is 49.8 Å². The molecule has 0 radical (unpaired) electrons. The Balaban J connectivity index is 2.10. The van der Waals surface area contributed by atoms with Crippen molar-refractivity contribution in [1.82, 2.24) is 9.80 Å². The molecule has 1 amide bonds. The van der Waals surface area contributed by atoms with Crippen molar-refractivity contribution in [3.63, 3.8) is 0 Å². The monoisotopic (exact) mass is 465 g/mol. The smallest absolute Gasteiger partial charge is 0.295 e. The van der Waals surface area contributed by atoms with Crippen LogP contribution in [0.4, 0.5) is 5.69 Å². The average Bonchev–Trinajstić information content (AvgIpc) is 3.09. The summed E-state index contributed by atoms with van der Waals surface area (Å²) in [5.41, 5.74) is 2.35. The number of carbonyl (C=O) groups is 2. The van der Waals surface area contributed by atoms with Gasteiger partial charge in [-0.3, -0.25) is 9.59 Å².